The summed E-state index contributed by atoms with van der Waals surface area (Å²) >= 11 is 0. The molecule has 0 bridgehead atoms. The largest absolute Gasteiger partial charge is 0.390 e. The number of fused-ring (bicyclic) bond motifs is 1. The van der Waals surface area contributed by atoms with Crippen LogP contribution in [0.15, 0.2) is 36.5 Å². The van der Waals surface area contributed by atoms with Crippen molar-refractivity contribution in [3.63, 3.8) is 0 Å². The summed E-state index contributed by atoms with van der Waals surface area (Å²) in [6, 6.07) is 9.27. The molecule has 0 spiro atoms. The van der Waals surface area contributed by atoms with Crippen molar-refractivity contribution in [1.29, 1.82) is 0 Å². The van der Waals surface area contributed by atoms with E-state index in [-0.39, 0.29) is 12.6 Å². The molecule has 2 amide bonds. The number of β-amino-alcohol motifs (C(OH)–C–C–N with tert-alkyl or cyclic N) is 1. The minimum atomic E-state index is -0.570. The van der Waals surface area contributed by atoms with Gasteiger partial charge in [0.15, 0.2) is 0 Å². The van der Waals surface area contributed by atoms with Gasteiger partial charge < -0.3 is 20.2 Å². The Morgan fingerprint density at radius 3 is 2.77 bits per heavy atom. The number of anilines is 1. The van der Waals surface area contributed by atoms with Crippen molar-refractivity contribution >= 4 is 22.6 Å². The fourth-order valence-corrected chi connectivity index (χ4v) is 3.20. The number of hydrogen-bond donors (Lipinski definition) is 2. The second kappa shape index (κ2) is 8.44. The van der Waals surface area contributed by atoms with Crippen molar-refractivity contribution in [3.8, 4) is 0 Å². The molecule has 1 fully saturated rings. The topological polar surface area (TPSA) is 71.9 Å². The van der Waals surface area contributed by atoms with E-state index in [4.69, 9.17) is 0 Å². The molecule has 7 heteroatoms. The zero-order chi connectivity index (χ0) is 18.5. The highest BCUT2D eigenvalue weighted by Gasteiger charge is 2.20. The van der Waals surface area contributed by atoms with Gasteiger partial charge in [-0.3, -0.25) is 9.88 Å². The minimum Gasteiger partial charge on any atom is -0.390 e. The minimum absolute atomic E-state index is 0.249. The first-order valence-corrected chi connectivity index (χ1v) is 8.98. The van der Waals surface area contributed by atoms with E-state index in [1.54, 1.807) is 13.2 Å². The van der Waals surface area contributed by atoms with Gasteiger partial charge in [-0.2, -0.15) is 0 Å². The summed E-state index contributed by atoms with van der Waals surface area (Å²) < 4.78 is 0. The number of aliphatic hydroxyl groups is 1. The Morgan fingerprint density at radius 2 is 2.00 bits per heavy atom. The summed E-state index contributed by atoms with van der Waals surface area (Å²) in [7, 11) is 3.80. The van der Waals surface area contributed by atoms with Crippen LogP contribution in [0.1, 0.15) is 0 Å². The molecule has 3 rings (SSSR count). The fourth-order valence-electron chi connectivity index (χ4n) is 3.20. The molecule has 0 saturated carbocycles. The normalized spacial score (nSPS) is 17.2. The van der Waals surface area contributed by atoms with Crippen LogP contribution in [-0.4, -0.2) is 90.3 Å². The number of nitrogens with one attached hydrogen (secondary N) is 1. The summed E-state index contributed by atoms with van der Waals surface area (Å²) in [5.41, 5.74) is 1.43. The van der Waals surface area contributed by atoms with Crippen molar-refractivity contribution in [2.75, 3.05) is 58.7 Å². The molecule has 1 aromatic carbocycles. The predicted molar refractivity (Wildman–Crippen MR) is 103 cm³/mol. The van der Waals surface area contributed by atoms with Crippen LogP contribution in [0.4, 0.5) is 10.5 Å². The van der Waals surface area contributed by atoms with Crippen LogP contribution in [0.3, 0.4) is 0 Å². The van der Waals surface area contributed by atoms with Crippen LogP contribution in [0.25, 0.3) is 10.9 Å². The summed E-state index contributed by atoms with van der Waals surface area (Å²) in [5, 5.41) is 14.2. The first-order valence-electron chi connectivity index (χ1n) is 8.98. The van der Waals surface area contributed by atoms with E-state index < -0.39 is 6.10 Å². The molecule has 1 aliphatic rings. The third kappa shape index (κ3) is 4.69. The molecule has 26 heavy (non-hydrogen) atoms. The Hall–Kier alpha value is -2.22. The van der Waals surface area contributed by atoms with Gasteiger partial charge in [0.2, 0.25) is 0 Å². The first kappa shape index (κ1) is 18.6. The number of hydrogen-bond acceptors (Lipinski definition) is 5. The van der Waals surface area contributed by atoms with E-state index >= 15 is 0 Å². The highest BCUT2D eigenvalue weighted by atomic mass is 16.3. The number of likely N-dealkylation sites (N-methyl/N-ethyl adjacent to an activating group) is 2. The smallest absolute Gasteiger partial charge is 0.321 e. The Balaban J connectivity index is 1.54. The van der Waals surface area contributed by atoms with Gasteiger partial charge in [-0.25, -0.2) is 4.79 Å². The molecule has 1 saturated heterocycles. The van der Waals surface area contributed by atoms with Crippen LogP contribution in [0, 0.1) is 0 Å². The molecule has 0 radical (unpaired) electrons. The van der Waals surface area contributed by atoms with Crippen LogP contribution in [0.5, 0.6) is 0 Å². The van der Waals surface area contributed by atoms with Crippen molar-refractivity contribution in [3.05, 3.63) is 36.5 Å². The lowest BCUT2D eigenvalue weighted by molar-refractivity contribution is 0.0670. The lowest BCUT2D eigenvalue weighted by Gasteiger charge is -2.34. The van der Waals surface area contributed by atoms with Gasteiger partial charge in [0, 0.05) is 57.9 Å². The second-order valence-electron chi connectivity index (χ2n) is 6.95. The summed E-state index contributed by atoms with van der Waals surface area (Å²) in [5.74, 6) is 0. The molecule has 7 nitrogen and oxygen atoms in total. The third-order valence-electron chi connectivity index (χ3n) is 4.77. The van der Waals surface area contributed by atoms with Gasteiger partial charge in [-0.05, 0) is 19.2 Å². The van der Waals surface area contributed by atoms with Crippen LogP contribution in [-0.2, 0) is 0 Å². The molecule has 1 atom stereocenters. The number of aliphatic hydroxyl groups excluding tert-OH is 1. The number of urea groups is 1. The summed E-state index contributed by atoms with van der Waals surface area (Å²) in [6.45, 7) is 4.79. The fraction of sp³-hybridized carbons (Fsp3) is 0.474. The van der Waals surface area contributed by atoms with Crippen molar-refractivity contribution in [2.45, 2.75) is 6.10 Å². The Bertz CT molecular complexity index is 740. The first-order chi connectivity index (χ1) is 12.5. The average Bonchev–Trinajstić information content (AvgIpc) is 2.64. The standard InChI is InChI=1S/C19H27N5O2/c1-22-9-11-24(12-10-22)14-16(25)13-23(2)19(26)21-17-7-3-5-15-6-4-8-20-18(15)17/h3-8,16,25H,9-14H2,1-2H3,(H,21,26). The summed E-state index contributed by atoms with van der Waals surface area (Å²) in [6.07, 6.45) is 1.14. The molecular weight excluding hydrogens is 330 g/mol. The number of nitrogens with zero attached hydrogens (tertiary/aromatic N) is 4. The number of amides is 2. The maximum absolute atomic E-state index is 12.5. The van der Waals surface area contributed by atoms with Crippen LogP contribution >= 0.6 is 0 Å². The molecule has 0 aliphatic carbocycles. The molecule has 1 aliphatic heterocycles. The Labute approximate surface area is 154 Å². The number of benzene rings is 1. The van der Waals surface area contributed by atoms with E-state index in [0.29, 0.717) is 12.2 Å². The van der Waals surface area contributed by atoms with Crippen molar-refractivity contribution in [2.24, 2.45) is 0 Å². The van der Waals surface area contributed by atoms with Gasteiger partial charge in [0.05, 0.1) is 17.3 Å². The van der Waals surface area contributed by atoms with E-state index in [1.807, 2.05) is 30.3 Å². The molecule has 2 aromatic rings. The molecule has 2 N–H and O–H groups in total. The van der Waals surface area contributed by atoms with Gasteiger partial charge in [0.25, 0.3) is 0 Å². The molecular formula is C19H27N5O2. The molecule has 1 aromatic heterocycles. The zero-order valence-electron chi connectivity index (χ0n) is 15.4. The highest BCUT2D eigenvalue weighted by Crippen LogP contribution is 2.20. The lowest BCUT2D eigenvalue weighted by Crippen LogP contribution is -2.49. The SMILES string of the molecule is CN1CCN(CC(O)CN(C)C(=O)Nc2cccc3cccnc23)CC1. The third-order valence-corrected chi connectivity index (χ3v) is 4.77. The lowest BCUT2D eigenvalue weighted by atomic mass is 10.2. The number of para-hydroxylation sites is 1. The predicted octanol–water partition coefficient (Wildman–Crippen LogP) is 1.31. The maximum Gasteiger partial charge on any atom is 0.321 e. The van der Waals surface area contributed by atoms with Gasteiger partial charge >= 0.3 is 6.03 Å². The van der Waals surface area contributed by atoms with E-state index in [9.17, 15) is 9.90 Å². The summed E-state index contributed by atoms with van der Waals surface area (Å²) in [4.78, 5) is 22.9. The van der Waals surface area contributed by atoms with Gasteiger partial charge in [-0.1, -0.05) is 18.2 Å². The van der Waals surface area contributed by atoms with E-state index in [0.717, 1.165) is 37.1 Å². The second-order valence-corrected chi connectivity index (χ2v) is 6.95. The number of carbonyl (C=O) groups excluding carboxylic acids is 1. The quantitative estimate of drug-likeness (QED) is 0.844. The monoisotopic (exact) mass is 357 g/mol. The number of aromatic nitrogens is 1. The number of piperazine rings is 1. The van der Waals surface area contributed by atoms with E-state index in [2.05, 4.69) is 27.1 Å². The van der Waals surface area contributed by atoms with E-state index in [1.165, 1.54) is 4.90 Å². The van der Waals surface area contributed by atoms with Gasteiger partial charge in [0.1, 0.15) is 0 Å². The Morgan fingerprint density at radius 1 is 1.27 bits per heavy atom. The molecule has 1 unspecified atom stereocenters. The van der Waals surface area contributed by atoms with Crippen LogP contribution in [0.2, 0.25) is 0 Å². The molecule has 2 heterocycles. The highest BCUT2D eigenvalue weighted by molar-refractivity contribution is 5.99. The number of carbonyl (C=O) groups is 1. The van der Waals surface area contributed by atoms with Crippen molar-refractivity contribution in [1.82, 2.24) is 19.7 Å². The molecule has 140 valence electrons. The Kier molecular flexibility index (Phi) is 6.03. The zero-order valence-corrected chi connectivity index (χ0v) is 15.4. The number of pyridine rings is 1. The maximum atomic E-state index is 12.5. The van der Waals surface area contributed by atoms with Crippen molar-refractivity contribution < 1.29 is 9.90 Å². The van der Waals surface area contributed by atoms with Crippen LogP contribution < -0.4 is 5.32 Å². The number of rotatable bonds is 5. The average molecular weight is 357 g/mol. The van der Waals surface area contributed by atoms with Gasteiger partial charge in [-0.15, -0.1) is 0 Å².